The zero-order valence-corrected chi connectivity index (χ0v) is 14.3. The third-order valence-corrected chi connectivity index (χ3v) is 6.59. The van der Waals surface area contributed by atoms with Crippen LogP contribution in [0.4, 0.5) is 0 Å². The van der Waals surface area contributed by atoms with E-state index in [9.17, 15) is 9.59 Å². The number of carboxylic acid groups (broad SMARTS) is 1. The number of aliphatic carboxylic acids is 1. The van der Waals surface area contributed by atoms with Gasteiger partial charge in [-0.25, -0.2) is 0 Å². The van der Waals surface area contributed by atoms with Crippen molar-refractivity contribution in [1.82, 2.24) is 4.90 Å². The topological polar surface area (TPSA) is 66.8 Å². The molecule has 0 aromatic carbocycles. The third kappa shape index (κ3) is 2.77. The van der Waals surface area contributed by atoms with Crippen LogP contribution in [-0.4, -0.2) is 47.7 Å². The van der Waals surface area contributed by atoms with Crippen LogP contribution in [0.5, 0.6) is 0 Å². The second-order valence-electron chi connectivity index (χ2n) is 7.63. The highest BCUT2D eigenvalue weighted by Crippen LogP contribution is 2.56. The van der Waals surface area contributed by atoms with Crippen LogP contribution in [0.2, 0.25) is 0 Å². The van der Waals surface area contributed by atoms with Crippen molar-refractivity contribution >= 4 is 11.9 Å². The van der Waals surface area contributed by atoms with Crippen LogP contribution in [0.1, 0.15) is 58.3 Å². The lowest BCUT2D eigenvalue weighted by molar-refractivity contribution is -0.174. The zero-order chi connectivity index (χ0) is 16.6. The van der Waals surface area contributed by atoms with Gasteiger partial charge >= 0.3 is 5.97 Å². The van der Waals surface area contributed by atoms with Crippen LogP contribution >= 0.6 is 0 Å². The Labute approximate surface area is 138 Å². The summed E-state index contributed by atoms with van der Waals surface area (Å²) >= 11 is 0. The summed E-state index contributed by atoms with van der Waals surface area (Å²) in [6.45, 7) is 2.77. The van der Waals surface area contributed by atoms with Crippen molar-refractivity contribution in [2.75, 3.05) is 13.7 Å². The fraction of sp³-hybridized carbons (Fsp3) is 0.889. The van der Waals surface area contributed by atoms with E-state index in [-0.39, 0.29) is 29.2 Å². The van der Waals surface area contributed by atoms with Gasteiger partial charge in [0.15, 0.2) is 0 Å². The van der Waals surface area contributed by atoms with Gasteiger partial charge in [-0.05, 0) is 45.4 Å². The molecule has 1 spiro atoms. The number of hydrogen-bond donors (Lipinski definition) is 1. The molecule has 1 N–H and O–H groups in total. The lowest BCUT2D eigenvalue weighted by Gasteiger charge is -2.57. The van der Waals surface area contributed by atoms with Gasteiger partial charge in [0.1, 0.15) is 0 Å². The van der Waals surface area contributed by atoms with Gasteiger partial charge in [0, 0.05) is 31.0 Å². The Bertz CT molecular complexity index is 472. The van der Waals surface area contributed by atoms with Gasteiger partial charge in [-0.2, -0.15) is 0 Å². The van der Waals surface area contributed by atoms with Gasteiger partial charge in [0.05, 0.1) is 12.0 Å². The summed E-state index contributed by atoms with van der Waals surface area (Å²) in [6.07, 6.45) is 7.86. The minimum absolute atomic E-state index is 0.106. The number of amides is 1. The predicted molar refractivity (Wildman–Crippen MR) is 86.0 cm³/mol. The SMILES string of the molecule is CCOC1CC(N(C)C(=O)[C@@H]2CC[C@H](C(=O)O)C2)C12CCCC2. The Hall–Kier alpha value is -1.10. The van der Waals surface area contributed by atoms with Gasteiger partial charge in [0.25, 0.3) is 0 Å². The molecule has 3 aliphatic rings. The summed E-state index contributed by atoms with van der Waals surface area (Å²) in [5.74, 6) is -1.05. The van der Waals surface area contributed by atoms with Crippen molar-refractivity contribution in [3.63, 3.8) is 0 Å². The van der Waals surface area contributed by atoms with Crippen molar-refractivity contribution < 1.29 is 19.4 Å². The lowest BCUT2D eigenvalue weighted by atomic mass is 9.60. The summed E-state index contributed by atoms with van der Waals surface area (Å²) in [7, 11) is 1.92. The number of ether oxygens (including phenoxy) is 1. The first-order chi connectivity index (χ1) is 11.0. The molecule has 4 atom stereocenters. The molecule has 3 fully saturated rings. The molecule has 0 aromatic rings. The largest absolute Gasteiger partial charge is 0.481 e. The lowest BCUT2D eigenvalue weighted by Crippen LogP contribution is -2.64. The molecule has 0 aromatic heterocycles. The number of rotatable bonds is 5. The molecule has 0 radical (unpaired) electrons. The summed E-state index contributed by atoms with van der Waals surface area (Å²) < 4.78 is 5.93. The van der Waals surface area contributed by atoms with Gasteiger partial charge in [-0.3, -0.25) is 9.59 Å². The average molecular weight is 323 g/mol. The first-order valence-electron chi connectivity index (χ1n) is 9.10. The Morgan fingerprint density at radius 2 is 1.83 bits per heavy atom. The van der Waals surface area contributed by atoms with E-state index >= 15 is 0 Å². The molecule has 0 saturated heterocycles. The van der Waals surface area contributed by atoms with Crippen molar-refractivity contribution in [1.29, 1.82) is 0 Å². The van der Waals surface area contributed by atoms with Crippen molar-refractivity contribution in [2.45, 2.75) is 70.4 Å². The first kappa shape index (κ1) is 16.7. The number of carbonyl (C=O) groups is 2. The van der Waals surface area contributed by atoms with Crippen LogP contribution in [0, 0.1) is 17.3 Å². The van der Waals surface area contributed by atoms with E-state index in [0.717, 1.165) is 32.3 Å². The van der Waals surface area contributed by atoms with Crippen molar-refractivity contribution in [3.05, 3.63) is 0 Å². The number of carboxylic acids is 1. The quantitative estimate of drug-likeness (QED) is 0.845. The fourth-order valence-corrected chi connectivity index (χ4v) is 5.27. The average Bonchev–Trinajstić information content (AvgIpc) is 3.19. The van der Waals surface area contributed by atoms with E-state index in [1.54, 1.807) is 0 Å². The van der Waals surface area contributed by atoms with Gasteiger partial charge in [0.2, 0.25) is 5.91 Å². The van der Waals surface area contributed by atoms with Gasteiger partial charge in [-0.15, -0.1) is 0 Å². The second-order valence-corrected chi connectivity index (χ2v) is 7.63. The van der Waals surface area contributed by atoms with Crippen LogP contribution in [-0.2, 0) is 14.3 Å². The molecule has 5 nitrogen and oxygen atoms in total. The van der Waals surface area contributed by atoms with Crippen LogP contribution in [0.25, 0.3) is 0 Å². The van der Waals surface area contributed by atoms with Gasteiger partial charge < -0.3 is 14.7 Å². The molecule has 3 saturated carbocycles. The smallest absolute Gasteiger partial charge is 0.306 e. The van der Waals surface area contributed by atoms with Crippen LogP contribution in [0.15, 0.2) is 0 Å². The predicted octanol–water partition coefficient (Wildman–Crippen LogP) is 2.68. The van der Waals surface area contributed by atoms with E-state index in [4.69, 9.17) is 9.84 Å². The standard InChI is InChI=1S/C18H29NO4/c1-3-23-15-11-14(18(15)8-4-5-9-18)19(2)16(20)12-6-7-13(10-12)17(21)22/h12-15H,3-11H2,1-2H3,(H,21,22)/t12-,13+,14?,15?/m1/s1. The van der Waals surface area contributed by atoms with Crippen LogP contribution < -0.4 is 0 Å². The Morgan fingerprint density at radius 3 is 2.39 bits per heavy atom. The van der Waals surface area contributed by atoms with Crippen LogP contribution in [0.3, 0.4) is 0 Å². The molecule has 0 heterocycles. The normalized spacial score (nSPS) is 35.2. The Balaban J connectivity index is 1.65. The number of hydrogen-bond acceptors (Lipinski definition) is 3. The molecule has 130 valence electrons. The first-order valence-corrected chi connectivity index (χ1v) is 9.10. The Kier molecular flexibility index (Phi) is 4.68. The highest BCUT2D eigenvalue weighted by Gasteiger charge is 2.59. The highest BCUT2D eigenvalue weighted by atomic mass is 16.5. The van der Waals surface area contributed by atoms with Gasteiger partial charge in [-0.1, -0.05) is 12.8 Å². The monoisotopic (exact) mass is 323 g/mol. The summed E-state index contributed by atoms with van der Waals surface area (Å²) in [6, 6.07) is 0.276. The molecule has 23 heavy (non-hydrogen) atoms. The van der Waals surface area contributed by atoms with Crippen molar-refractivity contribution in [3.8, 4) is 0 Å². The molecule has 3 aliphatic carbocycles. The highest BCUT2D eigenvalue weighted by molar-refractivity contribution is 5.81. The maximum absolute atomic E-state index is 12.8. The van der Waals surface area contributed by atoms with E-state index < -0.39 is 5.97 Å². The molecule has 3 rings (SSSR count). The molecular weight excluding hydrogens is 294 g/mol. The fourth-order valence-electron chi connectivity index (χ4n) is 5.27. The molecule has 2 unspecified atom stereocenters. The minimum Gasteiger partial charge on any atom is -0.481 e. The second kappa shape index (κ2) is 6.42. The Morgan fingerprint density at radius 1 is 1.17 bits per heavy atom. The summed E-state index contributed by atoms with van der Waals surface area (Å²) in [5.41, 5.74) is 0.158. The summed E-state index contributed by atoms with van der Waals surface area (Å²) in [4.78, 5) is 25.9. The molecule has 0 bridgehead atoms. The van der Waals surface area contributed by atoms with E-state index in [2.05, 4.69) is 0 Å². The molecule has 0 aliphatic heterocycles. The number of nitrogens with zero attached hydrogens (tertiary/aromatic N) is 1. The van der Waals surface area contributed by atoms with E-state index in [1.165, 1.54) is 12.8 Å². The van der Waals surface area contributed by atoms with E-state index in [1.807, 2.05) is 18.9 Å². The minimum atomic E-state index is -0.754. The van der Waals surface area contributed by atoms with E-state index in [0.29, 0.717) is 18.9 Å². The maximum atomic E-state index is 12.8. The third-order valence-electron chi connectivity index (χ3n) is 6.59. The molecule has 5 heteroatoms. The maximum Gasteiger partial charge on any atom is 0.306 e. The molecular formula is C18H29NO4. The molecule has 1 amide bonds. The number of carbonyl (C=O) groups excluding carboxylic acids is 1. The van der Waals surface area contributed by atoms with Crippen molar-refractivity contribution in [2.24, 2.45) is 17.3 Å². The summed E-state index contributed by atoms with van der Waals surface area (Å²) in [5, 5.41) is 9.14. The zero-order valence-electron chi connectivity index (χ0n) is 14.3.